The molecule has 0 bridgehead atoms. The van der Waals surface area contributed by atoms with Crippen molar-refractivity contribution in [2.45, 2.75) is 51.2 Å². The highest BCUT2D eigenvalue weighted by atomic mass is 35.5. The van der Waals surface area contributed by atoms with Gasteiger partial charge in [0.15, 0.2) is 0 Å². The zero-order valence-corrected chi connectivity index (χ0v) is 14.8. The Morgan fingerprint density at radius 1 is 1.33 bits per heavy atom. The van der Waals surface area contributed by atoms with E-state index in [-0.39, 0.29) is 18.0 Å². The standard InChI is InChI=1S/C17H24ClN3O3/c1-11(22)21(15-6-3-13(19)4-7-15)10-12-9-14(5-8-16(12)18)20-17(23)24-2/h5,8-9,13,15H,3-4,6-7,10,19H2,1-2H3,(H,20,23). The van der Waals surface area contributed by atoms with E-state index in [0.29, 0.717) is 17.3 Å². The number of halogens is 1. The molecule has 1 aromatic carbocycles. The predicted molar refractivity (Wildman–Crippen MR) is 93.9 cm³/mol. The molecule has 0 aromatic heterocycles. The van der Waals surface area contributed by atoms with Gasteiger partial charge >= 0.3 is 6.09 Å². The summed E-state index contributed by atoms with van der Waals surface area (Å²) in [4.78, 5) is 25.3. The van der Waals surface area contributed by atoms with Crippen LogP contribution in [0.2, 0.25) is 5.02 Å². The van der Waals surface area contributed by atoms with Gasteiger partial charge in [-0.05, 0) is 49.4 Å². The van der Waals surface area contributed by atoms with E-state index in [1.165, 1.54) is 7.11 Å². The van der Waals surface area contributed by atoms with Gasteiger partial charge in [0.25, 0.3) is 0 Å². The summed E-state index contributed by atoms with van der Waals surface area (Å²) in [5, 5.41) is 3.17. The van der Waals surface area contributed by atoms with Crippen LogP contribution >= 0.6 is 11.6 Å². The average molecular weight is 354 g/mol. The van der Waals surface area contributed by atoms with Crippen molar-refractivity contribution in [1.82, 2.24) is 4.90 Å². The maximum Gasteiger partial charge on any atom is 0.411 e. The minimum Gasteiger partial charge on any atom is -0.453 e. The van der Waals surface area contributed by atoms with Gasteiger partial charge in [-0.15, -0.1) is 0 Å². The lowest BCUT2D eigenvalue weighted by Crippen LogP contribution is -2.42. The summed E-state index contributed by atoms with van der Waals surface area (Å²) in [6.45, 7) is 1.98. The number of methoxy groups -OCH3 is 1. The number of rotatable bonds is 4. The van der Waals surface area contributed by atoms with Gasteiger partial charge < -0.3 is 15.4 Å². The summed E-state index contributed by atoms with van der Waals surface area (Å²) in [7, 11) is 1.30. The van der Waals surface area contributed by atoms with Crippen LogP contribution < -0.4 is 11.1 Å². The summed E-state index contributed by atoms with van der Waals surface area (Å²) in [5.41, 5.74) is 7.32. The molecule has 1 fully saturated rings. The number of amides is 2. The molecule has 24 heavy (non-hydrogen) atoms. The average Bonchev–Trinajstić information content (AvgIpc) is 2.56. The van der Waals surface area contributed by atoms with Crippen LogP contribution in [0.5, 0.6) is 0 Å². The number of nitrogens with zero attached hydrogens (tertiary/aromatic N) is 1. The number of benzene rings is 1. The number of hydrogen-bond acceptors (Lipinski definition) is 4. The minimum atomic E-state index is -0.548. The second-order valence-electron chi connectivity index (χ2n) is 6.14. The third-order valence-electron chi connectivity index (χ3n) is 4.40. The molecular formula is C17H24ClN3O3. The Morgan fingerprint density at radius 2 is 2.00 bits per heavy atom. The van der Waals surface area contributed by atoms with E-state index in [1.54, 1.807) is 25.1 Å². The van der Waals surface area contributed by atoms with E-state index < -0.39 is 6.09 Å². The van der Waals surface area contributed by atoms with Crippen molar-refractivity contribution in [1.29, 1.82) is 0 Å². The summed E-state index contributed by atoms with van der Waals surface area (Å²) < 4.78 is 4.59. The van der Waals surface area contributed by atoms with Gasteiger partial charge in [-0.2, -0.15) is 0 Å². The van der Waals surface area contributed by atoms with Gasteiger partial charge in [-0.25, -0.2) is 4.79 Å². The van der Waals surface area contributed by atoms with Crippen molar-refractivity contribution < 1.29 is 14.3 Å². The quantitative estimate of drug-likeness (QED) is 0.870. The van der Waals surface area contributed by atoms with Crippen molar-refractivity contribution in [3.8, 4) is 0 Å². The normalized spacial score (nSPS) is 20.3. The number of anilines is 1. The van der Waals surface area contributed by atoms with Gasteiger partial charge in [0.2, 0.25) is 5.91 Å². The largest absolute Gasteiger partial charge is 0.453 e. The zero-order chi connectivity index (χ0) is 17.7. The van der Waals surface area contributed by atoms with Crippen molar-refractivity contribution >= 4 is 29.3 Å². The first kappa shape index (κ1) is 18.5. The molecule has 3 N–H and O–H groups in total. The Morgan fingerprint density at radius 3 is 2.58 bits per heavy atom. The first-order chi connectivity index (χ1) is 11.4. The lowest BCUT2D eigenvalue weighted by molar-refractivity contribution is -0.132. The van der Waals surface area contributed by atoms with Crippen LogP contribution in [-0.4, -0.2) is 36.1 Å². The van der Waals surface area contributed by atoms with E-state index in [1.807, 2.05) is 4.90 Å². The van der Waals surface area contributed by atoms with Crippen molar-refractivity contribution in [3.63, 3.8) is 0 Å². The molecule has 1 aromatic rings. The van der Waals surface area contributed by atoms with Gasteiger partial charge in [-0.3, -0.25) is 10.1 Å². The lowest BCUT2D eigenvalue weighted by atomic mass is 9.90. The fourth-order valence-corrected chi connectivity index (χ4v) is 3.21. The van der Waals surface area contributed by atoms with Gasteiger partial charge in [0.1, 0.15) is 0 Å². The predicted octanol–water partition coefficient (Wildman–Crippen LogP) is 3.14. The molecule has 0 aliphatic heterocycles. The molecule has 2 amide bonds. The number of nitrogens with two attached hydrogens (primary N) is 1. The van der Waals surface area contributed by atoms with E-state index in [0.717, 1.165) is 31.2 Å². The summed E-state index contributed by atoms with van der Waals surface area (Å²) in [6, 6.07) is 5.57. The van der Waals surface area contributed by atoms with Gasteiger partial charge in [-0.1, -0.05) is 11.6 Å². The van der Waals surface area contributed by atoms with Gasteiger partial charge in [0.05, 0.1) is 7.11 Å². The SMILES string of the molecule is COC(=O)Nc1ccc(Cl)c(CN(C(C)=O)C2CCC(N)CC2)c1. The van der Waals surface area contributed by atoms with Crippen LogP contribution in [0.15, 0.2) is 18.2 Å². The Hall–Kier alpha value is -1.79. The molecule has 0 heterocycles. The summed E-state index contributed by atoms with van der Waals surface area (Å²) >= 11 is 6.28. The van der Waals surface area contributed by atoms with Crippen LogP contribution in [0.1, 0.15) is 38.2 Å². The Bertz CT molecular complexity index is 601. The fourth-order valence-electron chi connectivity index (χ4n) is 3.04. The maximum absolute atomic E-state index is 12.1. The maximum atomic E-state index is 12.1. The molecule has 0 spiro atoms. The number of hydrogen-bond donors (Lipinski definition) is 2. The smallest absolute Gasteiger partial charge is 0.411 e. The van der Waals surface area contributed by atoms with Crippen molar-refractivity contribution in [3.05, 3.63) is 28.8 Å². The number of ether oxygens (including phenoxy) is 1. The van der Waals surface area contributed by atoms with Crippen LogP contribution in [0, 0.1) is 0 Å². The summed E-state index contributed by atoms with van der Waals surface area (Å²) in [6.07, 6.45) is 3.10. The highest BCUT2D eigenvalue weighted by molar-refractivity contribution is 6.31. The second-order valence-corrected chi connectivity index (χ2v) is 6.55. The van der Waals surface area contributed by atoms with Crippen LogP contribution in [0.25, 0.3) is 0 Å². The molecular weight excluding hydrogens is 330 g/mol. The molecule has 7 heteroatoms. The molecule has 2 rings (SSSR count). The third kappa shape index (κ3) is 4.85. The molecule has 0 unspecified atom stereocenters. The second kappa shape index (κ2) is 8.35. The van der Waals surface area contributed by atoms with E-state index in [9.17, 15) is 9.59 Å². The zero-order valence-electron chi connectivity index (χ0n) is 14.0. The number of nitrogens with one attached hydrogen (secondary N) is 1. The summed E-state index contributed by atoms with van der Waals surface area (Å²) in [5.74, 6) is 0.0119. The Labute approximate surface area is 147 Å². The number of carbonyl (C=O) groups is 2. The molecule has 0 radical (unpaired) electrons. The fraction of sp³-hybridized carbons (Fsp3) is 0.529. The van der Waals surface area contributed by atoms with E-state index in [4.69, 9.17) is 17.3 Å². The van der Waals surface area contributed by atoms with Crippen molar-refractivity contribution in [2.75, 3.05) is 12.4 Å². The molecule has 132 valence electrons. The minimum absolute atomic E-state index is 0.0119. The molecule has 1 aliphatic carbocycles. The molecule has 1 aliphatic rings. The monoisotopic (exact) mass is 353 g/mol. The highest BCUT2D eigenvalue weighted by Gasteiger charge is 2.26. The Kier molecular flexibility index (Phi) is 6.45. The molecule has 0 atom stereocenters. The molecule has 1 saturated carbocycles. The first-order valence-electron chi connectivity index (χ1n) is 8.07. The topological polar surface area (TPSA) is 84.7 Å². The van der Waals surface area contributed by atoms with Crippen LogP contribution in [-0.2, 0) is 16.1 Å². The molecule has 6 nitrogen and oxygen atoms in total. The number of carbonyl (C=O) groups excluding carboxylic acids is 2. The third-order valence-corrected chi connectivity index (χ3v) is 4.77. The molecule has 0 saturated heterocycles. The van der Waals surface area contributed by atoms with E-state index >= 15 is 0 Å². The Balaban J connectivity index is 2.15. The first-order valence-corrected chi connectivity index (χ1v) is 8.44. The lowest BCUT2D eigenvalue weighted by Gasteiger charge is -2.35. The van der Waals surface area contributed by atoms with Crippen LogP contribution in [0.3, 0.4) is 0 Å². The highest BCUT2D eigenvalue weighted by Crippen LogP contribution is 2.27. The van der Waals surface area contributed by atoms with Crippen molar-refractivity contribution in [2.24, 2.45) is 5.73 Å². The van der Waals surface area contributed by atoms with Gasteiger partial charge in [0, 0.05) is 36.3 Å². The van der Waals surface area contributed by atoms with Crippen LogP contribution in [0.4, 0.5) is 10.5 Å². The van der Waals surface area contributed by atoms with E-state index in [2.05, 4.69) is 10.1 Å².